The first kappa shape index (κ1) is 14.6. The Bertz CT molecular complexity index is 534. The van der Waals surface area contributed by atoms with Crippen LogP contribution in [0, 0.1) is 0 Å². The minimum absolute atomic E-state index is 0.0312. The smallest absolute Gasteiger partial charge is 0.270 e. The molecule has 5 heteroatoms. The van der Waals surface area contributed by atoms with Crippen molar-refractivity contribution in [1.82, 2.24) is 5.32 Å². The second-order valence-electron chi connectivity index (χ2n) is 6.15. The monoisotopic (exact) mass is 297 g/mol. The third-order valence-corrected chi connectivity index (χ3v) is 4.32. The number of rotatable bonds is 2. The zero-order valence-electron chi connectivity index (χ0n) is 12.5. The van der Waals surface area contributed by atoms with Crippen LogP contribution in [-0.2, 0) is 11.5 Å². The van der Waals surface area contributed by atoms with Gasteiger partial charge >= 0.3 is 0 Å². The van der Waals surface area contributed by atoms with E-state index < -0.39 is 11.5 Å². The molecule has 1 fully saturated rings. The molecule has 1 aromatic rings. The third kappa shape index (κ3) is 2.71. The van der Waals surface area contributed by atoms with Crippen molar-refractivity contribution >= 4 is 0 Å². The van der Waals surface area contributed by atoms with E-state index in [4.69, 9.17) is 9.47 Å². The Morgan fingerprint density at radius 3 is 2.38 bits per heavy atom. The Morgan fingerprint density at radius 1 is 1.14 bits per heavy atom. The van der Waals surface area contributed by atoms with Gasteiger partial charge in [-0.05, 0) is 44.0 Å². The van der Waals surface area contributed by atoms with Crippen LogP contribution < -0.4 is 14.8 Å². The second kappa shape index (κ2) is 5.13. The topological polar surface area (TPSA) is 30.5 Å². The predicted octanol–water partition coefficient (Wildman–Crippen LogP) is 3.56. The third-order valence-electron chi connectivity index (χ3n) is 4.32. The SMILES string of the molecule is CC(F)(F)c1cc2c(cc1C1(C)CCCN1)OCCCO2. The van der Waals surface area contributed by atoms with E-state index in [1.807, 2.05) is 6.92 Å². The minimum Gasteiger partial charge on any atom is -0.490 e. The van der Waals surface area contributed by atoms with Gasteiger partial charge in [0.05, 0.1) is 13.2 Å². The first-order valence-electron chi connectivity index (χ1n) is 7.48. The molecule has 0 bridgehead atoms. The Hall–Kier alpha value is -1.36. The van der Waals surface area contributed by atoms with Gasteiger partial charge in [-0.25, -0.2) is 8.78 Å². The van der Waals surface area contributed by atoms with Gasteiger partial charge in [0.15, 0.2) is 11.5 Å². The minimum atomic E-state index is -2.91. The highest BCUT2D eigenvalue weighted by Crippen LogP contribution is 2.44. The Labute approximate surface area is 123 Å². The van der Waals surface area contributed by atoms with Crippen LogP contribution in [0.3, 0.4) is 0 Å². The maximum atomic E-state index is 14.1. The summed E-state index contributed by atoms with van der Waals surface area (Å²) in [5.41, 5.74) is 0.222. The van der Waals surface area contributed by atoms with Gasteiger partial charge in [0.2, 0.25) is 0 Å². The molecule has 3 rings (SSSR count). The van der Waals surface area contributed by atoms with Gasteiger partial charge in [-0.3, -0.25) is 0 Å². The average Bonchev–Trinajstić information content (AvgIpc) is 2.73. The van der Waals surface area contributed by atoms with Crippen LogP contribution in [0.2, 0.25) is 0 Å². The molecule has 116 valence electrons. The van der Waals surface area contributed by atoms with Gasteiger partial charge in [-0.15, -0.1) is 0 Å². The van der Waals surface area contributed by atoms with Crippen LogP contribution in [0.15, 0.2) is 12.1 Å². The van der Waals surface area contributed by atoms with Crippen molar-refractivity contribution in [3.8, 4) is 11.5 Å². The Morgan fingerprint density at radius 2 is 1.81 bits per heavy atom. The highest BCUT2D eigenvalue weighted by molar-refractivity contribution is 5.51. The molecule has 2 aliphatic heterocycles. The molecule has 0 aromatic heterocycles. The Balaban J connectivity index is 2.14. The van der Waals surface area contributed by atoms with E-state index in [1.54, 1.807) is 6.07 Å². The van der Waals surface area contributed by atoms with E-state index in [0.29, 0.717) is 30.3 Å². The molecule has 0 saturated carbocycles. The quantitative estimate of drug-likeness (QED) is 0.905. The molecule has 2 heterocycles. The summed E-state index contributed by atoms with van der Waals surface area (Å²) < 4.78 is 39.4. The van der Waals surface area contributed by atoms with Gasteiger partial charge in [0, 0.05) is 24.4 Å². The summed E-state index contributed by atoms with van der Waals surface area (Å²) in [5, 5.41) is 3.35. The second-order valence-corrected chi connectivity index (χ2v) is 6.15. The molecule has 0 amide bonds. The summed E-state index contributed by atoms with van der Waals surface area (Å²) >= 11 is 0. The molecular weight excluding hydrogens is 276 g/mol. The summed E-state index contributed by atoms with van der Waals surface area (Å²) in [4.78, 5) is 0. The lowest BCUT2D eigenvalue weighted by molar-refractivity contribution is 0.0149. The van der Waals surface area contributed by atoms with E-state index in [9.17, 15) is 8.78 Å². The molecule has 1 unspecified atom stereocenters. The number of alkyl halides is 2. The van der Waals surface area contributed by atoms with Crippen LogP contribution in [-0.4, -0.2) is 19.8 Å². The van der Waals surface area contributed by atoms with Crippen molar-refractivity contribution in [1.29, 1.82) is 0 Å². The number of ether oxygens (including phenoxy) is 2. The van der Waals surface area contributed by atoms with Crippen molar-refractivity contribution in [3.63, 3.8) is 0 Å². The number of halogens is 2. The van der Waals surface area contributed by atoms with Crippen LogP contribution in [0.5, 0.6) is 11.5 Å². The molecule has 1 atom stereocenters. The van der Waals surface area contributed by atoms with Crippen LogP contribution >= 0.6 is 0 Å². The molecule has 3 nitrogen and oxygen atoms in total. The molecule has 0 aliphatic carbocycles. The molecule has 21 heavy (non-hydrogen) atoms. The van der Waals surface area contributed by atoms with Crippen molar-refractivity contribution in [2.24, 2.45) is 0 Å². The first-order valence-corrected chi connectivity index (χ1v) is 7.48. The lowest BCUT2D eigenvalue weighted by Gasteiger charge is -2.30. The highest BCUT2D eigenvalue weighted by atomic mass is 19.3. The average molecular weight is 297 g/mol. The molecule has 1 aromatic carbocycles. The number of hydrogen-bond acceptors (Lipinski definition) is 3. The van der Waals surface area contributed by atoms with E-state index in [-0.39, 0.29) is 5.56 Å². The summed E-state index contributed by atoms with van der Waals surface area (Å²) in [6, 6.07) is 3.20. The van der Waals surface area contributed by atoms with E-state index in [0.717, 1.165) is 32.7 Å². The summed E-state index contributed by atoms with van der Waals surface area (Å²) in [7, 11) is 0. The molecule has 1 N–H and O–H groups in total. The molecule has 0 radical (unpaired) electrons. The zero-order chi connectivity index (χ0) is 15.1. The van der Waals surface area contributed by atoms with Crippen molar-refractivity contribution in [2.75, 3.05) is 19.8 Å². The van der Waals surface area contributed by atoms with Gasteiger partial charge in [0.1, 0.15) is 0 Å². The van der Waals surface area contributed by atoms with E-state index >= 15 is 0 Å². The fraction of sp³-hybridized carbons (Fsp3) is 0.625. The number of benzene rings is 1. The fourth-order valence-corrected chi connectivity index (χ4v) is 3.15. The van der Waals surface area contributed by atoms with Gasteiger partial charge in [0.25, 0.3) is 5.92 Å². The lowest BCUT2D eigenvalue weighted by atomic mass is 9.84. The van der Waals surface area contributed by atoms with Crippen molar-refractivity contribution in [3.05, 3.63) is 23.3 Å². The van der Waals surface area contributed by atoms with Crippen molar-refractivity contribution in [2.45, 2.75) is 44.6 Å². The molecule has 1 saturated heterocycles. The summed E-state index contributed by atoms with van der Waals surface area (Å²) in [6.45, 7) is 4.82. The van der Waals surface area contributed by atoms with Gasteiger partial charge < -0.3 is 14.8 Å². The molecular formula is C16H21F2NO2. The molecule has 0 spiro atoms. The highest BCUT2D eigenvalue weighted by Gasteiger charge is 2.39. The Kier molecular flexibility index (Phi) is 3.56. The van der Waals surface area contributed by atoms with Gasteiger partial charge in [-0.1, -0.05) is 0 Å². The number of hydrogen-bond donors (Lipinski definition) is 1. The van der Waals surface area contributed by atoms with Crippen LogP contribution in [0.1, 0.15) is 44.2 Å². The molecule has 2 aliphatic rings. The number of nitrogens with one attached hydrogen (secondary N) is 1. The number of fused-ring (bicyclic) bond motifs is 1. The van der Waals surface area contributed by atoms with Crippen LogP contribution in [0.25, 0.3) is 0 Å². The maximum absolute atomic E-state index is 14.1. The predicted molar refractivity (Wildman–Crippen MR) is 76.2 cm³/mol. The van der Waals surface area contributed by atoms with Gasteiger partial charge in [-0.2, -0.15) is 0 Å². The van der Waals surface area contributed by atoms with Crippen molar-refractivity contribution < 1.29 is 18.3 Å². The largest absolute Gasteiger partial charge is 0.490 e. The normalized spacial score (nSPS) is 25.7. The van der Waals surface area contributed by atoms with Crippen LogP contribution in [0.4, 0.5) is 8.78 Å². The summed E-state index contributed by atoms with van der Waals surface area (Å²) in [5.74, 6) is -1.91. The standard InChI is InChI=1S/C16H21F2NO2/c1-15(5-3-6-19-15)11-9-13-14(21-8-4-7-20-13)10-12(11)16(2,17)18/h9-10,19H,3-8H2,1-2H3. The maximum Gasteiger partial charge on any atom is 0.270 e. The first-order chi connectivity index (χ1) is 9.90. The lowest BCUT2D eigenvalue weighted by Crippen LogP contribution is -2.35. The van der Waals surface area contributed by atoms with E-state index in [1.165, 1.54) is 6.07 Å². The van der Waals surface area contributed by atoms with E-state index in [2.05, 4.69) is 5.32 Å². The fourth-order valence-electron chi connectivity index (χ4n) is 3.15. The zero-order valence-corrected chi connectivity index (χ0v) is 12.5. The summed E-state index contributed by atoms with van der Waals surface area (Å²) in [6.07, 6.45) is 2.59.